The van der Waals surface area contributed by atoms with Crippen LogP contribution < -0.4 is 10.6 Å². The quantitative estimate of drug-likeness (QED) is 0.771. The normalized spacial score (nSPS) is 17.6. The van der Waals surface area contributed by atoms with Crippen molar-refractivity contribution in [2.24, 2.45) is 0 Å². The van der Waals surface area contributed by atoms with E-state index in [1.165, 1.54) is 12.8 Å². The van der Waals surface area contributed by atoms with E-state index in [0.29, 0.717) is 12.5 Å². The molecule has 112 valence electrons. The first-order valence-electron chi connectivity index (χ1n) is 7.29. The summed E-state index contributed by atoms with van der Waals surface area (Å²) in [6, 6.07) is 1.94. The van der Waals surface area contributed by atoms with Crippen molar-refractivity contribution in [2.45, 2.75) is 44.3 Å². The molecule has 0 radical (unpaired) electrons. The van der Waals surface area contributed by atoms with Gasteiger partial charge in [0.2, 0.25) is 0 Å². The van der Waals surface area contributed by atoms with Gasteiger partial charge in [0.05, 0.1) is 0 Å². The highest BCUT2D eigenvalue weighted by molar-refractivity contribution is 7.84. The standard InChI is InChI=1S/C14H24N4OS/c1-4-7-15-12-8-13(16-9-10(2)20(3)19)18-14(17-12)11-5-6-11/h8,10-11H,4-7,9H2,1-3H3,(H2,15,16,17,18). The average Bonchev–Trinajstić information content (AvgIpc) is 3.26. The van der Waals surface area contributed by atoms with Gasteiger partial charge < -0.3 is 10.6 Å². The number of nitrogens with one attached hydrogen (secondary N) is 2. The molecular formula is C14H24N4OS. The molecule has 2 rings (SSSR count). The first kappa shape index (κ1) is 15.2. The molecule has 0 aromatic carbocycles. The lowest BCUT2D eigenvalue weighted by Crippen LogP contribution is -2.21. The summed E-state index contributed by atoms with van der Waals surface area (Å²) in [6.07, 6.45) is 5.17. The van der Waals surface area contributed by atoms with Crippen LogP contribution in [0, 0.1) is 0 Å². The molecule has 0 amide bonds. The Balaban J connectivity index is 2.05. The lowest BCUT2D eigenvalue weighted by molar-refractivity contribution is 0.678. The molecule has 6 heteroatoms. The summed E-state index contributed by atoms with van der Waals surface area (Å²) in [5, 5.41) is 6.71. The Bertz CT molecular complexity index is 476. The Kier molecular flexibility index (Phi) is 5.34. The molecule has 2 atom stereocenters. The molecule has 5 nitrogen and oxygen atoms in total. The maximum absolute atomic E-state index is 11.4. The summed E-state index contributed by atoms with van der Waals surface area (Å²) in [5.41, 5.74) is 0. The van der Waals surface area contributed by atoms with E-state index in [9.17, 15) is 4.21 Å². The molecule has 1 aromatic heterocycles. The monoisotopic (exact) mass is 296 g/mol. The lowest BCUT2D eigenvalue weighted by Gasteiger charge is -2.13. The summed E-state index contributed by atoms with van der Waals surface area (Å²) in [6.45, 7) is 5.68. The van der Waals surface area contributed by atoms with Gasteiger partial charge in [0, 0.05) is 47.4 Å². The van der Waals surface area contributed by atoms with Gasteiger partial charge in [-0.15, -0.1) is 0 Å². The van der Waals surface area contributed by atoms with Crippen molar-refractivity contribution in [1.29, 1.82) is 0 Å². The number of aromatic nitrogens is 2. The van der Waals surface area contributed by atoms with E-state index in [1.807, 2.05) is 13.0 Å². The highest BCUT2D eigenvalue weighted by atomic mass is 32.2. The minimum atomic E-state index is -0.817. The van der Waals surface area contributed by atoms with E-state index in [2.05, 4.69) is 27.5 Å². The van der Waals surface area contributed by atoms with E-state index < -0.39 is 10.8 Å². The molecular weight excluding hydrogens is 272 g/mol. The van der Waals surface area contributed by atoms with Crippen LogP contribution in [0.25, 0.3) is 0 Å². The van der Waals surface area contributed by atoms with Crippen molar-refractivity contribution in [3.05, 3.63) is 11.9 Å². The molecule has 1 aliphatic rings. The Morgan fingerprint density at radius 1 is 1.35 bits per heavy atom. The second-order valence-corrected chi connectivity index (χ2v) is 7.19. The fraction of sp³-hybridized carbons (Fsp3) is 0.714. The maximum Gasteiger partial charge on any atom is 0.136 e. The number of nitrogens with zero attached hydrogens (tertiary/aromatic N) is 2. The zero-order valence-electron chi connectivity index (χ0n) is 12.5. The molecule has 0 bridgehead atoms. The van der Waals surface area contributed by atoms with Gasteiger partial charge >= 0.3 is 0 Å². The third-order valence-electron chi connectivity index (χ3n) is 3.38. The predicted octanol–water partition coefficient (Wildman–Crippen LogP) is 2.35. The molecule has 1 heterocycles. The number of hydrogen-bond acceptors (Lipinski definition) is 5. The minimum Gasteiger partial charge on any atom is -0.370 e. The minimum absolute atomic E-state index is 0.112. The van der Waals surface area contributed by atoms with Crippen molar-refractivity contribution in [3.63, 3.8) is 0 Å². The summed E-state index contributed by atoms with van der Waals surface area (Å²) in [5.74, 6) is 3.17. The Morgan fingerprint density at radius 2 is 2.00 bits per heavy atom. The van der Waals surface area contributed by atoms with E-state index in [-0.39, 0.29) is 5.25 Å². The molecule has 1 aliphatic carbocycles. The van der Waals surface area contributed by atoms with Gasteiger partial charge in [0.15, 0.2) is 0 Å². The third-order valence-corrected chi connectivity index (χ3v) is 4.68. The Morgan fingerprint density at radius 3 is 2.55 bits per heavy atom. The van der Waals surface area contributed by atoms with Gasteiger partial charge in [-0.25, -0.2) is 9.97 Å². The molecule has 1 fully saturated rings. The molecule has 20 heavy (non-hydrogen) atoms. The summed E-state index contributed by atoms with van der Waals surface area (Å²) >= 11 is 0. The molecule has 1 aromatic rings. The molecule has 0 aliphatic heterocycles. The van der Waals surface area contributed by atoms with Gasteiger partial charge in [0.25, 0.3) is 0 Å². The number of rotatable bonds is 8. The van der Waals surface area contributed by atoms with Crippen molar-refractivity contribution < 1.29 is 4.21 Å². The summed E-state index contributed by atoms with van der Waals surface area (Å²) in [4.78, 5) is 9.15. The summed E-state index contributed by atoms with van der Waals surface area (Å²) < 4.78 is 11.4. The van der Waals surface area contributed by atoms with Crippen LogP contribution in [0.15, 0.2) is 6.07 Å². The highest BCUT2D eigenvalue weighted by Crippen LogP contribution is 2.38. The SMILES string of the molecule is CCCNc1cc(NCC(C)S(C)=O)nc(C2CC2)n1. The van der Waals surface area contributed by atoms with Crippen molar-refractivity contribution in [1.82, 2.24) is 9.97 Å². The van der Waals surface area contributed by atoms with E-state index in [4.69, 9.17) is 0 Å². The largest absolute Gasteiger partial charge is 0.370 e. The molecule has 0 spiro atoms. The van der Waals surface area contributed by atoms with Crippen LogP contribution in [-0.4, -0.2) is 38.8 Å². The molecule has 2 N–H and O–H groups in total. The predicted molar refractivity (Wildman–Crippen MR) is 84.8 cm³/mol. The number of anilines is 2. The zero-order valence-corrected chi connectivity index (χ0v) is 13.3. The van der Waals surface area contributed by atoms with Crippen LogP contribution in [0.5, 0.6) is 0 Å². The average molecular weight is 296 g/mol. The van der Waals surface area contributed by atoms with Crippen LogP contribution in [0.2, 0.25) is 0 Å². The van der Waals surface area contributed by atoms with Crippen molar-refractivity contribution in [2.75, 3.05) is 30.0 Å². The van der Waals surface area contributed by atoms with E-state index in [0.717, 1.165) is 30.4 Å². The Hall–Kier alpha value is -1.17. The number of hydrogen-bond donors (Lipinski definition) is 2. The lowest BCUT2D eigenvalue weighted by atomic mass is 10.3. The Labute approximate surface area is 123 Å². The van der Waals surface area contributed by atoms with Gasteiger partial charge in [-0.3, -0.25) is 4.21 Å². The maximum atomic E-state index is 11.4. The van der Waals surface area contributed by atoms with Crippen LogP contribution in [0.3, 0.4) is 0 Å². The van der Waals surface area contributed by atoms with Crippen LogP contribution >= 0.6 is 0 Å². The van der Waals surface area contributed by atoms with Crippen molar-refractivity contribution >= 4 is 22.4 Å². The van der Waals surface area contributed by atoms with Gasteiger partial charge in [-0.05, 0) is 26.2 Å². The molecule has 1 saturated carbocycles. The topological polar surface area (TPSA) is 66.9 Å². The second kappa shape index (κ2) is 7.02. The van der Waals surface area contributed by atoms with Crippen LogP contribution in [0.4, 0.5) is 11.6 Å². The fourth-order valence-corrected chi connectivity index (χ4v) is 2.11. The first-order chi connectivity index (χ1) is 9.60. The molecule has 2 unspecified atom stereocenters. The van der Waals surface area contributed by atoms with Gasteiger partial charge in [-0.2, -0.15) is 0 Å². The first-order valence-corrected chi connectivity index (χ1v) is 8.91. The van der Waals surface area contributed by atoms with Crippen LogP contribution in [0.1, 0.15) is 44.9 Å². The third kappa shape index (κ3) is 4.44. The highest BCUT2D eigenvalue weighted by Gasteiger charge is 2.27. The second-order valence-electron chi connectivity index (χ2n) is 5.39. The zero-order chi connectivity index (χ0) is 14.5. The smallest absolute Gasteiger partial charge is 0.136 e. The van der Waals surface area contributed by atoms with Crippen molar-refractivity contribution in [3.8, 4) is 0 Å². The van der Waals surface area contributed by atoms with E-state index in [1.54, 1.807) is 6.26 Å². The fourth-order valence-electron chi connectivity index (χ4n) is 1.79. The summed E-state index contributed by atoms with van der Waals surface area (Å²) in [7, 11) is -0.817. The van der Waals surface area contributed by atoms with E-state index >= 15 is 0 Å². The van der Waals surface area contributed by atoms with Gasteiger partial charge in [-0.1, -0.05) is 6.92 Å². The van der Waals surface area contributed by atoms with Gasteiger partial charge in [0.1, 0.15) is 17.5 Å². The van der Waals surface area contributed by atoms with Crippen LogP contribution in [-0.2, 0) is 10.8 Å². The molecule has 0 saturated heterocycles.